The van der Waals surface area contributed by atoms with Gasteiger partial charge >= 0.3 is 0 Å². The van der Waals surface area contributed by atoms with Crippen molar-refractivity contribution in [1.82, 2.24) is 0 Å². The summed E-state index contributed by atoms with van der Waals surface area (Å²) in [5.74, 6) is 1.70. The fraction of sp³-hybridized carbons (Fsp3) is 0.333. The Morgan fingerprint density at radius 1 is 0.950 bits per heavy atom. The summed E-state index contributed by atoms with van der Waals surface area (Å²) in [4.78, 5) is 1.15. The summed E-state index contributed by atoms with van der Waals surface area (Å²) in [7, 11) is 4.70. The van der Waals surface area contributed by atoms with E-state index in [9.17, 15) is 5.11 Å². The molecule has 1 heterocycles. The minimum atomic E-state index is -0.755. The number of aliphatic hydroxyl groups is 1. The van der Waals surface area contributed by atoms with Crippen LogP contribution in [0.3, 0.4) is 0 Å². The molecule has 5 heteroatoms. The van der Waals surface area contributed by atoms with Crippen LogP contribution >= 0.6 is 11.3 Å². The Morgan fingerprint density at radius 2 is 1.55 bits per heavy atom. The third kappa shape index (κ3) is 2.73. The molecule has 0 aliphatic heterocycles. The first-order valence-corrected chi connectivity index (χ1v) is 7.01. The van der Waals surface area contributed by atoms with Crippen LogP contribution in [-0.2, 0) is 0 Å². The lowest BCUT2D eigenvalue weighted by Gasteiger charge is -2.17. The molecule has 0 aliphatic carbocycles. The monoisotopic (exact) mass is 294 g/mol. The van der Waals surface area contributed by atoms with E-state index in [0.717, 1.165) is 10.4 Å². The summed E-state index contributed by atoms with van der Waals surface area (Å²) < 4.78 is 15.9. The van der Waals surface area contributed by atoms with Gasteiger partial charge in [0.2, 0.25) is 0 Å². The van der Waals surface area contributed by atoms with E-state index >= 15 is 0 Å². The Balaban J connectivity index is 2.49. The average Bonchev–Trinajstić information content (AvgIpc) is 2.91. The van der Waals surface area contributed by atoms with Gasteiger partial charge in [-0.1, -0.05) is 0 Å². The average molecular weight is 294 g/mol. The summed E-state index contributed by atoms with van der Waals surface area (Å²) in [6, 6.07) is 5.43. The topological polar surface area (TPSA) is 47.9 Å². The summed E-state index contributed by atoms with van der Waals surface area (Å²) in [6.45, 7) is 2.01. The number of ether oxygens (including phenoxy) is 3. The van der Waals surface area contributed by atoms with Crippen molar-refractivity contribution in [3.8, 4) is 17.2 Å². The van der Waals surface area contributed by atoms with E-state index in [0.29, 0.717) is 22.8 Å². The highest BCUT2D eigenvalue weighted by molar-refractivity contribution is 7.10. The summed E-state index contributed by atoms with van der Waals surface area (Å²) >= 11 is 1.60. The molecule has 1 unspecified atom stereocenters. The standard InChI is InChI=1S/C15H18O4S/c1-9-5-10(8-20-9)15(16)11-6-13(18-3)14(19-4)7-12(11)17-2/h5-8,15-16H,1-4H3. The summed E-state index contributed by atoms with van der Waals surface area (Å²) in [5.41, 5.74) is 1.50. The number of aliphatic hydroxyl groups excluding tert-OH is 1. The van der Waals surface area contributed by atoms with Crippen molar-refractivity contribution in [3.63, 3.8) is 0 Å². The van der Waals surface area contributed by atoms with Gasteiger partial charge in [-0.2, -0.15) is 0 Å². The predicted octanol–water partition coefficient (Wildman–Crippen LogP) is 3.16. The Hall–Kier alpha value is -1.72. The molecular formula is C15H18O4S. The van der Waals surface area contributed by atoms with E-state index in [1.807, 2.05) is 18.4 Å². The van der Waals surface area contributed by atoms with Crippen LogP contribution in [0.1, 0.15) is 22.1 Å². The van der Waals surface area contributed by atoms with Gasteiger partial charge in [0.25, 0.3) is 0 Å². The van der Waals surface area contributed by atoms with Crippen LogP contribution in [0.5, 0.6) is 17.2 Å². The second-order valence-corrected chi connectivity index (χ2v) is 5.46. The van der Waals surface area contributed by atoms with Gasteiger partial charge in [0.15, 0.2) is 11.5 Å². The fourth-order valence-electron chi connectivity index (χ4n) is 2.05. The molecule has 0 saturated carbocycles. The van der Waals surface area contributed by atoms with Gasteiger partial charge in [-0.15, -0.1) is 11.3 Å². The Kier molecular flexibility index (Phi) is 4.52. The molecule has 4 nitrogen and oxygen atoms in total. The van der Waals surface area contributed by atoms with Crippen molar-refractivity contribution < 1.29 is 19.3 Å². The van der Waals surface area contributed by atoms with Crippen LogP contribution in [0.25, 0.3) is 0 Å². The van der Waals surface area contributed by atoms with Crippen molar-refractivity contribution in [2.45, 2.75) is 13.0 Å². The Labute approximate surface area is 122 Å². The van der Waals surface area contributed by atoms with E-state index in [1.165, 1.54) is 0 Å². The van der Waals surface area contributed by atoms with Crippen LogP contribution in [0.2, 0.25) is 0 Å². The lowest BCUT2D eigenvalue weighted by Crippen LogP contribution is -2.03. The highest BCUT2D eigenvalue weighted by Crippen LogP contribution is 2.39. The lowest BCUT2D eigenvalue weighted by molar-refractivity contribution is 0.214. The smallest absolute Gasteiger partial charge is 0.164 e. The normalized spacial score (nSPS) is 12.1. The third-order valence-corrected chi connectivity index (χ3v) is 3.98. The van der Waals surface area contributed by atoms with Crippen LogP contribution in [0.4, 0.5) is 0 Å². The van der Waals surface area contributed by atoms with E-state index in [2.05, 4.69) is 0 Å². The highest BCUT2D eigenvalue weighted by atomic mass is 32.1. The van der Waals surface area contributed by atoms with Crippen LogP contribution in [0, 0.1) is 6.92 Å². The first kappa shape index (κ1) is 14.7. The van der Waals surface area contributed by atoms with Gasteiger partial charge in [0, 0.05) is 16.5 Å². The first-order valence-electron chi connectivity index (χ1n) is 6.13. The molecule has 2 rings (SSSR count). The molecule has 1 aromatic carbocycles. The molecule has 0 saturated heterocycles. The minimum Gasteiger partial charge on any atom is -0.496 e. The van der Waals surface area contributed by atoms with E-state index in [-0.39, 0.29) is 0 Å². The predicted molar refractivity (Wildman–Crippen MR) is 79.2 cm³/mol. The quantitative estimate of drug-likeness (QED) is 0.920. The zero-order valence-corrected chi connectivity index (χ0v) is 12.8. The molecule has 0 radical (unpaired) electrons. The Morgan fingerprint density at radius 3 is 2.05 bits per heavy atom. The van der Waals surface area contributed by atoms with Gasteiger partial charge in [-0.3, -0.25) is 0 Å². The fourth-order valence-corrected chi connectivity index (χ4v) is 2.78. The number of hydrogen-bond acceptors (Lipinski definition) is 5. The summed E-state index contributed by atoms with van der Waals surface area (Å²) in [6.07, 6.45) is -0.755. The zero-order valence-electron chi connectivity index (χ0n) is 12.0. The number of rotatable bonds is 5. The largest absolute Gasteiger partial charge is 0.496 e. The van der Waals surface area contributed by atoms with E-state index in [4.69, 9.17) is 14.2 Å². The van der Waals surface area contributed by atoms with Gasteiger partial charge in [-0.05, 0) is 30.0 Å². The van der Waals surface area contributed by atoms with E-state index in [1.54, 1.807) is 44.8 Å². The highest BCUT2D eigenvalue weighted by Gasteiger charge is 2.20. The van der Waals surface area contributed by atoms with Crippen molar-refractivity contribution in [1.29, 1.82) is 0 Å². The summed E-state index contributed by atoms with van der Waals surface area (Å²) in [5, 5.41) is 12.5. The Bertz CT molecular complexity index is 592. The SMILES string of the molecule is COc1cc(OC)c(C(O)c2csc(C)c2)cc1OC. The van der Waals surface area contributed by atoms with Crippen LogP contribution in [-0.4, -0.2) is 26.4 Å². The molecule has 0 spiro atoms. The van der Waals surface area contributed by atoms with E-state index < -0.39 is 6.10 Å². The zero-order chi connectivity index (χ0) is 14.7. The van der Waals surface area contributed by atoms with Crippen molar-refractivity contribution >= 4 is 11.3 Å². The molecule has 0 fully saturated rings. The number of benzene rings is 1. The molecule has 20 heavy (non-hydrogen) atoms. The van der Waals surface area contributed by atoms with Gasteiger partial charge in [-0.25, -0.2) is 0 Å². The molecular weight excluding hydrogens is 276 g/mol. The molecule has 1 aromatic heterocycles. The number of aryl methyl sites for hydroxylation is 1. The van der Waals surface area contributed by atoms with Gasteiger partial charge < -0.3 is 19.3 Å². The maximum atomic E-state index is 10.5. The molecule has 0 bridgehead atoms. The van der Waals surface area contributed by atoms with Crippen LogP contribution < -0.4 is 14.2 Å². The third-order valence-electron chi connectivity index (χ3n) is 3.10. The minimum absolute atomic E-state index is 0.564. The van der Waals surface area contributed by atoms with Crippen molar-refractivity contribution in [2.75, 3.05) is 21.3 Å². The van der Waals surface area contributed by atoms with Gasteiger partial charge in [0.05, 0.1) is 21.3 Å². The first-order chi connectivity index (χ1) is 9.60. The second-order valence-electron chi connectivity index (χ2n) is 4.34. The molecule has 2 aromatic rings. The number of hydrogen-bond donors (Lipinski definition) is 1. The maximum absolute atomic E-state index is 10.5. The molecule has 108 valence electrons. The molecule has 0 amide bonds. The lowest BCUT2D eigenvalue weighted by atomic mass is 10.0. The molecule has 0 aliphatic rings. The number of methoxy groups -OCH3 is 3. The van der Waals surface area contributed by atoms with Crippen molar-refractivity contribution in [2.24, 2.45) is 0 Å². The number of thiophene rings is 1. The van der Waals surface area contributed by atoms with Crippen molar-refractivity contribution in [3.05, 3.63) is 39.6 Å². The second kappa shape index (κ2) is 6.15. The van der Waals surface area contributed by atoms with Crippen LogP contribution in [0.15, 0.2) is 23.6 Å². The maximum Gasteiger partial charge on any atom is 0.164 e. The molecule has 1 atom stereocenters. The van der Waals surface area contributed by atoms with Gasteiger partial charge in [0.1, 0.15) is 11.9 Å². The molecule has 1 N–H and O–H groups in total.